The van der Waals surface area contributed by atoms with Crippen molar-refractivity contribution in [2.45, 2.75) is 26.2 Å². The largest absolute Gasteiger partial charge is 0.104 e. The molecule has 74 valence electrons. The van der Waals surface area contributed by atoms with Crippen molar-refractivity contribution in [3.05, 3.63) is 33.8 Å². The lowest BCUT2D eigenvalue weighted by molar-refractivity contribution is 1.03. The van der Waals surface area contributed by atoms with Gasteiger partial charge in [0.25, 0.3) is 0 Å². The summed E-state index contributed by atoms with van der Waals surface area (Å²) in [6, 6.07) is 5.52. The molecule has 0 aliphatic rings. The molecule has 0 saturated heterocycles. The van der Waals surface area contributed by atoms with Gasteiger partial charge in [0.1, 0.15) is 0 Å². The summed E-state index contributed by atoms with van der Waals surface area (Å²) in [6.07, 6.45) is 2.61. The molecule has 1 aromatic rings. The summed E-state index contributed by atoms with van der Waals surface area (Å²) in [6.45, 7) is 2.04. The second-order valence-electron chi connectivity index (χ2n) is 2.94. The predicted molar refractivity (Wildman–Crippen MR) is 62.9 cm³/mol. The fourth-order valence-corrected chi connectivity index (χ4v) is 1.55. The SMILES string of the molecule is CCC#CCCc1cc(Cl)ccc1Cl. The molecule has 0 unspecified atom stereocenters. The van der Waals surface area contributed by atoms with E-state index in [1.807, 2.05) is 19.1 Å². The van der Waals surface area contributed by atoms with Gasteiger partial charge >= 0.3 is 0 Å². The Morgan fingerprint density at radius 1 is 1.21 bits per heavy atom. The Morgan fingerprint density at radius 2 is 2.00 bits per heavy atom. The van der Waals surface area contributed by atoms with Crippen LogP contribution in [0.5, 0.6) is 0 Å². The molecule has 0 saturated carbocycles. The van der Waals surface area contributed by atoms with E-state index in [0.29, 0.717) is 0 Å². The zero-order valence-corrected chi connectivity index (χ0v) is 9.62. The van der Waals surface area contributed by atoms with Crippen molar-refractivity contribution in [3.63, 3.8) is 0 Å². The quantitative estimate of drug-likeness (QED) is 0.659. The van der Waals surface area contributed by atoms with E-state index in [2.05, 4.69) is 11.8 Å². The fourth-order valence-electron chi connectivity index (χ4n) is 1.15. The molecule has 0 amide bonds. The molecule has 0 heterocycles. The van der Waals surface area contributed by atoms with E-state index in [0.717, 1.165) is 34.9 Å². The van der Waals surface area contributed by atoms with E-state index in [1.54, 1.807) is 6.07 Å². The van der Waals surface area contributed by atoms with Gasteiger partial charge in [-0.3, -0.25) is 0 Å². The predicted octanol–water partition coefficient (Wildman–Crippen LogP) is 4.34. The molecular formula is C12H12Cl2. The van der Waals surface area contributed by atoms with Crippen molar-refractivity contribution in [2.24, 2.45) is 0 Å². The number of halogens is 2. The lowest BCUT2D eigenvalue weighted by Crippen LogP contribution is -1.85. The van der Waals surface area contributed by atoms with E-state index in [4.69, 9.17) is 23.2 Å². The Balaban J connectivity index is 2.62. The van der Waals surface area contributed by atoms with Gasteiger partial charge in [-0.05, 0) is 30.2 Å². The van der Waals surface area contributed by atoms with Crippen molar-refractivity contribution in [2.75, 3.05) is 0 Å². The molecule has 0 N–H and O–H groups in total. The van der Waals surface area contributed by atoms with Crippen LogP contribution in [0.25, 0.3) is 0 Å². The Morgan fingerprint density at radius 3 is 2.71 bits per heavy atom. The summed E-state index contributed by atoms with van der Waals surface area (Å²) in [5.74, 6) is 6.11. The van der Waals surface area contributed by atoms with Crippen LogP contribution in [0.15, 0.2) is 18.2 Å². The molecule has 0 nitrogen and oxygen atoms in total. The molecule has 0 fully saturated rings. The molecule has 2 heteroatoms. The third kappa shape index (κ3) is 3.62. The first-order valence-corrected chi connectivity index (χ1v) is 5.39. The highest BCUT2D eigenvalue weighted by Gasteiger charge is 1.99. The van der Waals surface area contributed by atoms with Crippen molar-refractivity contribution in [3.8, 4) is 11.8 Å². The first-order valence-electron chi connectivity index (χ1n) is 4.63. The minimum Gasteiger partial charge on any atom is -0.104 e. The van der Waals surface area contributed by atoms with E-state index in [9.17, 15) is 0 Å². The van der Waals surface area contributed by atoms with Gasteiger partial charge in [-0.15, -0.1) is 11.8 Å². The number of hydrogen-bond acceptors (Lipinski definition) is 0. The molecule has 14 heavy (non-hydrogen) atoms. The lowest BCUT2D eigenvalue weighted by atomic mass is 10.1. The molecule has 0 spiro atoms. The van der Waals surface area contributed by atoms with Crippen LogP contribution in [0.4, 0.5) is 0 Å². The van der Waals surface area contributed by atoms with Gasteiger partial charge in [-0.2, -0.15) is 0 Å². The van der Waals surface area contributed by atoms with Crippen molar-refractivity contribution in [1.82, 2.24) is 0 Å². The highest BCUT2D eigenvalue weighted by molar-refractivity contribution is 6.33. The topological polar surface area (TPSA) is 0 Å². The molecule has 0 radical (unpaired) electrons. The van der Waals surface area contributed by atoms with Gasteiger partial charge in [0.2, 0.25) is 0 Å². The maximum Gasteiger partial charge on any atom is 0.0439 e. The molecule has 0 bridgehead atoms. The average Bonchev–Trinajstić information content (AvgIpc) is 2.18. The van der Waals surface area contributed by atoms with Crippen LogP contribution in [0, 0.1) is 11.8 Å². The van der Waals surface area contributed by atoms with Gasteiger partial charge in [-0.1, -0.05) is 30.1 Å². The van der Waals surface area contributed by atoms with Crippen LogP contribution in [0.2, 0.25) is 10.0 Å². The van der Waals surface area contributed by atoms with E-state index < -0.39 is 0 Å². The molecule has 0 aromatic heterocycles. The Hall–Kier alpha value is -0.640. The van der Waals surface area contributed by atoms with Gasteiger partial charge < -0.3 is 0 Å². The highest BCUT2D eigenvalue weighted by atomic mass is 35.5. The van der Waals surface area contributed by atoms with Gasteiger partial charge in [0, 0.05) is 22.9 Å². The number of aryl methyl sites for hydroxylation is 1. The number of rotatable bonds is 2. The molecule has 0 aliphatic carbocycles. The Kier molecular flexibility index (Phi) is 4.87. The Bertz CT molecular complexity index is 358. The van der Waals surface area contributed by atoms with Crippen LogP contribution in [-0.4, -0.2) is 0 Å². The highest BCUT2D eigenvalue weighted by Crippen LogP contribution is 2.21. The summed E-state index contributed by atoms with van der Waals surface area (Å²) in [5.41, 5.74) is 1.07. The molecular weight excluding hydrogens is 215 g/mol. The van der Waals surface area contributed by atoms with E-state index >= 15 is 0 Å². The maximum atomic E-state index is 6.00. The summed E-state index contributed by atoms with van der Waals surface area (Å²) in [4.78, 5) is 0. The van der Waals surface area contributed by atoms with Crippen molar-refractivity contribution >= 4 is 23.2 Å². The van der Waals surface area contributed by atoms with Gasteiger partial charge in [0.15, 0.2) is 0 Å². The zero-order chi connectivity index (χ0) is 10.4. The first-order chi connectivity index (χ1) is 6.74. The second-order valence-corrected chi connectivity index (χ2v) is 3.79. The van der Waals surface area contributed by atoms with Crippen LogP contribution < -0.4 is 0 Å². The van der Waals surface area contributed by atoms with Crippen molar-refractivity contribution < 1.29 is 0 Å². The summed E-state index contributed by atoms with van der Waals surface area (Å²) >= 11 is 11.9. The standard InChI is InChI=1S/C12H12Cl2/c1-2-3-4-5-6-10-9-11(13)7-8-12(10)14/h7-9H,2,5-6H2,1H3. The summed E-state index contributed by atoms with van der Waals surface area (Å²) < 4.78 is 0. The third-order valence-corrected chi connectivity index (χ3v) is 2.43. The second kappa shape index (κ2) is 5.96. The van der Waals surface area contributed by atoms with Crippen LogP contribution in [0.1, 0.15) is 25.3 Å². The minimum atomic E-state index is 0.729. The monoisotopic (exact) mass is 226 g/mol. The van der Waals surface area contributed by atoms with Crippen LogP contribution in [-0.2, 0) is 6.42 Å². The average molecular weight is 227 g/mol. The number of benzene rings is 1. The third-order valence-electron chi connectivity index (χ3n) is 1.83. The molecule has 0 aliphatic heterocycles. The molecule has 0 atom stereocenters. The number of hydrogen-bond donors (Lipinski definition) is 0. The minimum absolute atomic E-state index is 0.729. The summed E-state index contributed by atoms with van der Waals surface area (Å²) in [7, 11) is 0. The zero-order valence-electron chi connectivity index (χ0n) is 8.11. The summed E-state index contributed by atoms with van der Waals surface area (Å²) in [5, 5.41) is 1.50. The fraction of sp³-hybridized carbons (Fsp3) is 0.333. The molecule has 1 aromatic carbocycles. The first kappa shape index (κ1) is 11.4. The Labute approximate surface area is 95.2 Å². The van der Waals surface area contributed by atoms with Gasteiger partial charge in [0.05, 0.1) is 0 Å². The van der Waals surface area contributed by atoms with Gasteiger partial charge in [-0.25, -0.2) is 0 Å². The van der Waals surface area contributed by atoms with Crippen molar-refractivity contribution in [1.29, 1.82) is 0 Å². The normalized spacial score (nSPS) is 9.36. The smallest absolute Gasteiger partial charge is 0.0439 e. The van der Waals surface area contributed by atoms with Crippen LogP contribution in [0.3, 0.4) is 0 Å². The lowest BCUT2D eigenvalue weighted by Gasteiger charge is -2.01. The molecule has 1 rings (SSSR count). The van der Waals surface area contributed by atoms with Crippen LogP contribution >= 0.6 is 23.2 Å². The maximum absolute atomic E-state index is 6.00. The van der Waals surface area contributed by atoms with E-state index in [1.165, 1.54) is 0 Å². The van der Waals surface area contributed by atoms with E-state index in [-0.39, 0.29) is 0 Å².